The molecule has 0 radical (unpaired) electrons. The molecule has 1 aromatic rings. The van der Waals surface area contributed by atoms with Crippen LogP contribution in [0.2, 0.25) is 5.02 Å². The van der Waals surface area contributed by atoms with Crippen molar-refractivity contribution in [2.45, 2.75) is 12.8 Å². The van der Waals surface area contributed by atoms with E-state index in [1.165, 1.54) is 45.6 Å². The van der Waals surface area contributed by atoms with Crippen molar-refractivity contribution < 1.29 is 4.74 Å². The summed E-state index contributed by atoms with van der Waals surface area (Å²) in [7, 11) is 0. The fourth-order valence-corrected chi connectivity index (χ4v) is 3.59. The van der Waals surface area contributed by atoms with E-state index >= 15 is 0 Å². The first kappa shape index (κ1) is 19.8. The van der Waals surface area contributed by atoms with Crippen LogP contribution in [-0.4, -0.2) is 68.8 Å². The number of rotatable bonds is 6. The molecule has 2 aliphatic rings. The van der Waals surface area contributed by atoms with Gasteiger partial charge in [-0.15, -0.1) is 12.4 Å². The molecule has 0 amide bonds. The van der Waals surface area contributed by atoms with E-state index in [1.807, 2.05) is 24.3 Å². The molecule has 0 bridgehead atoms. The second-order valence-electron chi connectivity index (χ2n) is 6.66. The van der Waals surface area contributed by atoms with E-state index in [0.29, 0.717) is 0 Å². The van der Waals surface area contributed by atoms with Crippen LogP contribution in [0, 0.1) is 5.92 Å². The predicted octanol–water partition coefficient (Wildman–Crippen LogP) is 2.76. The predicted molar refractivity (Wildman–Crippen MR) is 103 cm³/mol. The normalized spacial score (nSPS) is 22.8. The van der Waals surface area contributed by atoms with Gasteiger partial charge in [0.05, 0.1) is 0 Å². The van der Waals surface area contributed by atoms with Crippen LogP contribution in [0.3, 0.4) is 0 Å². The molecule has 1 N–H and O–H groups in total. The Balaban J connectivity index is 0.00000208. The smallest absolute Gasteiger partial charge is 0.119 e. The Hall–Kier alpha value is -0.520. The van der Waals surface area contributed by atoms with Gasteiger partial charge in [0.1, 0.15) is 12.4 Å². The summed E-state index contributed by atoms with van der Waals surface area (Å²) < 4.78 is 5.79. The SMILES string of the molecule is Cl.Clc1ccc(OCCN2CCN(CC3CCCNC3)CC2)cc1. The van der Waals surface area contributed by atoms with Crippen LogP contribution in [0.15, 0.2) is 24.3 Å². The van der Waals surface area contributed by atoms with Gasteiger partial charge in [-0.05, 0) is 56.1 Å². The van der Waals surface area contributed by atoms with Crippen LogP contribution < -0.4 is 10.1 Å². The molecule has 6 heteroatoms. The zero-order chi connectivity index (χ0) is 15.9. The number of nitrogens with zero attached hydrogens (tertiary/aromatic N) is 2. The number of hydrogen-bond acceptors (Lipinski definition) is 4. The van der Waals surface area contributed by atoms with Gasteiger partial charge in [0.15, 0.2) is 0 Å². The number of hydrogen-bond donors (Lipinski definition) is 1. The maximum Gasteiger partial charge on any atom is 0.119 e. The van der Waals surface area contributed by atoms with Crippen LogP contribution in [0.25, 0.3) is 0 Å². The molecule has 2 saturated heterocycles. The number of benzene rings is 1. The lowest BCUT2D eigenvalue weighted by Gasteiger charge is -2.37. The number of nitrogens with one attached hydrogen (secondary N) is 1. The Labute approximate surface area is 156 Å². The van der Waals surface area contributed by atoms with Gasteiger partial charge >= 0.3 is 0 Å². The van der Waals surface area contributed by atoms with Crippen LogP contribution in [0.5, 0.6) is 5.75 Å². The van der Waals surface area contributed by atoms with Crippen molar-refractivity contribution in [2.75, 3.05) is 59.0 Å². The second kappa shape index (κ2) is 10.5. The molecule has 0 aromatic heterocycles. The third kappa shape index (κ3) is 6.41. The Bertz CT molecular complexity index is 458. The summed E-state index contributed by atoms with van der Waals surface area (Å²) >= 11 is 5.88. The average molecular weight is 374 g/mol. The quantitative estimate of drug-likeness (QED) is 0.829. The van der Waals surface area contributed by atoms with Crippen molar-refractivity contribution in [1.29, 1.82) is 0 Å². The Morgan fingerprint density at radius 1 is 1.08 bits per heavy atom. The number of ether oxygens (including phenoxy) is 1. The van der Waals surface area contributed by atoms with Crippen LogP contribution in [-0.2, 0) is 0 Å². The van der Waals surface area contributed by atoms with Gasteiger partial charge in [-0.3, -0.25) is 4.90 Å². The molecule has 0 aliphatic carbocycles. The van der Waals surface area contributed by atoms with Crippen molar-refractivity contribution in [3.8, 4) is 5.75 Å². The molecule has 2 aliphatic heterocycles. The zero-order valence-corrected chi connectivity index (χ0v) is 15.8. The molecule has 136 valence electrons. The summed E-state index contributed by atoms with van der Waals surface area (Å²) in [6.45, 7) is 10.1. The molecule has 0 spiro atoms. The van der Waals surface area contributed by atoms with E-state index < -0.39 is 0 Å². The molecule has 4 nitrogen and oxygen atoms in total. The van der Waals surface area contributed by atoms with Crippen molar-refractivity contribution in [3.05, 3.63) is 29.3 Å². The highest BCUT2D eigenvalue weighted by Crippen LogP contribution is 2.16. The summed E-state index contributed by atoms with van der Waals surface area (Å²) in [4.78, 5) is 5.14. The van der Waals surface area contributed by atoms with E-state index in [4.69, 9.17) is 16.3 Å². The second-order valence-corrected chi connectivity index (χ2v) is 7.09. The van der Waals surface area contributed by atoms with Gasteiger partial charge < -0.3 is 15.0 Å². The Morgan fingerprint density at radius 3 is 2.46 bits per heavy atom. The van der Waals surface area contributed by atoms with Crippen molar-refractivity contribution in [3.63, 3.8) is 0 Å². The minimum Gasteiger partial charge on any atom is -0.492 e. The van der Waals surface area contributed by atoms with Crippen molar-refractivity contribution in [2.24, 2.45) is 5.92 Å². The molecular weight excluding hydrogens is 345 g/mol. The molecule has 1 aromatic carbocycles. The first-order chi connectivity index (χ1) is 11.3. The molecule has 3 rings (SSSR count). The fourth-order valence-electron chi connectivity index (χ4n) is 3.46. The summed E-state index contributed by atoms with van der Waals surface area (Å²) in [6, 6.07) is 7.60. The summed E-state index contributed by atoms with van der Waals surface area (Å²) in [5.41, 5.74) is 0. The highest BCUT2D eigenvalue weighted by Gasteiger charge is 2.21. The van der Waals surface area contributed by atoms with E-state index in [-0.39, 0.29) is 12.4 Å². The number of piperazine rings is 1. The Kier molecular flexibility index (Phi) is 8.63. The van der Waals surface area contributed by atoms with E-state index in [0.717, 1.165) is 42.9 Å². The summed E-state index contributed by atoms with van der Waals surface area (Å²) in [5, 5.41) is 4.27. The summed E-state index contributed by atoms with van der Waals surface area (Å²) in [6.07, 6.45) is 2.73. The lowest BCUT2D eigenvalue weighted by Crippen LogP contribution is -2.49. The highest BCUT2D eigenvalue weighted by atomic mass is 35.5. The molecule has 1 unspecified atom stereocenters. The molecule has 1 atom stereocenters. The number of piperidine rings is 1. The van der Waals surface area contributed by atoms with Crippen LogP contribution in [0.1, 0.15) is 12.8 Å². The van der Waals surface area contributed by atoms with E-state index in [2.05, 4.69) is 15.1 Å². The summed E-state index contributed by atoms with van der Waals surface area (Å²) in [5.74, 6) is 1.75. The highest BCUT2D eigenvalue weighted by molar-refractivity contribution is 6.30. The van der Waals surface area contributed by atoms with Crippen molar-refractivity contribution >= 4 is 24.0 Å². The monoisotopic (exact) mass is 373 g/mol. The Morgan fingerprint density at radius 2 is 1.79 bits per heavy atom. The minimum atomic E-state index is 0. The van der Waals surface area contributed by atoms with Gasteiger partial charge in [-0.25, -0.2) is 0 Å². The van der Waals surface area contributed by atoms with Crippen molar-refractivity contribution in [1.82, 2.24) is 15.1 Å². The van der Waals surface area contributed by atoms with Gasteiger partial charge in [-0.1, -0.05) is 11.6 Å². The molecular formula is C18H29Cl2N3O. The van der Waals surface area contributed by atoms with E-state index in [1.54, 1.807) is 0 Å². The molecule has 24 heavy (non-hydrogen) atoms. The lowest BCUT2D eigenvalue weighted by molar-refractivity contribution is 0.101. The third-order valence-corrected chi connectivity index (χ3v) is 5.12. The maximum atomic E-state index is 5.88. The zero-order valence-electron chi connectivity index (χ0n) is 14.3. The largest absolute Gasteiger partial charge is 0.492 e. The molecule has 2 heterocycles. The van der Waals surface area contributed by atoms with Crippen LogP contribution in [0.4, 0.5) is 0 Å². The first-order valence-electron chi connectivity index (χ1n) is 8.83. The topological polar surface area (TPSA) is 27.7 Å². The lowest BCUT2D eigenvalue weighted by atomic mass is 9.99. The standard InChI is InChI=1S/C18H28ClN3O.ClH/c19-17-3-5-18(6-4-17)23-13-12-21-8-10-22(11-9-21)15-16-2-1-7-20-14-16;/h3-6,16,20H,1-2,7-15H2;1H. The molecule has 2 fully saturated rings. The minimum absolute atomic E-state index is 0. The first-order valence-corrected chi connectivity index (χ1v) is 9.21. The van der Waals surface area contributed by atoms with Crippen LogP contribution >= 0.6 is 24.0 Å². The fraction of sp³-hybridized carbons (Fsp3) is 0.667. The maximum absolute atomic E-state index is 5.88. The van der Waals surface area contributed by atoms with Gasteiger partial charge in [0, 0.05) is 44.3 Å². The van der Waals surface area contributed by atoms with Gasteiger partial charge in [0.2, 0.25) is 0 Å². The van der Waals surface area contributed by atoms with E-state index in [9.17, 15) is 0 Å². The van der Waals surface area contributed by atoms with Gasteiger partial charge in [-0.2, -0.15) is 0 Å². The molecule has 0 saturated carbocycles. The third-order valence-electron chi connectivity index (χ3n) is 4.87. The van der Waals surface area contributed by atoms with Gasteiger partial charge in [0.25, 0.3) is 0 Å². The average Bonchev–Trinajstić information content (AvgIpc) is 2.59. The number of halogens is 2.